The Morgan fingerprint density at radius 1 is 1.10 bits per heavy atom. The number of rotatable bonds is 7. The molecule has 3 aromatic rings. The van der Waals surface area contributed by atoms with Gasteiger partial charge in [-0.3, -0.25) is 0 Å². The molecule has 2 heterocycles. The van der Waals surface area contributed by atoms with Gasteiger partial charge in [-0.15, -0.1) is 0 Å². The van der Waals surface area contributed by atoms with Gasteiger partial charge in [0.25, 0.3) is 0 Å². The van der Waals surface area contributed by atoms with Crippen LogP contribution in [0.4, 0.5) is 4.39 Å². The molecule has 156 valence electrons. The second-order valence-electron chi connectivity index (χ2n) is 7.68. The van der Waals surface area contributed by atoms with Gasteiger partial charge in [0.1, 0.15) is 16.5 Å². The first-order valence-electron chi connectivity index (χ1n) is 9.82. The molecule has 0 atom stereocenters. The molecule has 1 aliphatic heterocycles. The molecule has 2 fully saturated rings. The third-order valence-electron chi connectivity index (χ3n) is 5.38. The molecule has 7 nitrogen and oxygen atoms in total. The van der Waals surface area contributed by atoms with Gasteiger partial charge in [0.15, 0.2) is 0 Å². The summed E-state index contributed by atoms with van der Waals surface area (Å²) in [6.07, 6.45) is 2.26. The van der Waals surface area contributed by atoms with Crippen LogP contribution >= 0.6 is 0 Å². The van der Waals surface area contributed by atoms with Crippen molar-refractivity contribution in [2.24, 2.45) is 5.92 Å². The van der Waals surface area contributed by atoms with Gasteiger partial charge in [-0.05, 0) is 55.2 Å². The lowest BCUT2D eigenvalue weighted by Crippen LogP contribution is -2.48. The number of nitrogens with zero attached hydrogens (tertiary/aromatic N) is 3. The Balaban J connectivity index is 1.28. The smallest absolute Gasteiger partial charge is 0.246 e. The molecule has 0 unspecified atom stereocenters. The average Bonchev–Trinajstić information content (AvgIpc) is 3.42. The lowest BCUT2D eigenvalue weighted by molar-refractivity contribution is 0.215. The van der Waals surface area contributed by atoms with Gasteiger partial charge in [-0.2, -0.15) is 9.29 Å². The van der Waals surface area contributed by atoms with Gasteiger partial charge in [0, 0.05) is 18.7 Å². The SMILES string of the molecule is O=S(=O)(c1ccccc1OCC1CC1)N1CC(c2nc(-c3ccc(F)cc3)no2)C1. The number of benzene rings is 2. The summed E-state index contributed by atoms with van der Waals surface area (Å²) in [6.45, 7) is 1.05. The third kappa shape index (κ3) is 3.70. The Labute approximate surface area is 173 Å². The van der Waals surface area contributed by atoms with Crippen LogP contribution in [0.15, 0.2) is 57.9 Å². The van der Waals surface area contributed by atoms with E-state index in [9.17, 15) is 12.8 Å². The number of hydrogen-bond donors (Lipinski definition) is 0. The first kappa shape index (κ1) is 19.2. The fraction of sp³-hybridized carbons (Fsp3) is 0.333. The standard InChI is InChI=1S/C21H20FN3O4S/c22-17-9-7-15(8-10-17)20-23-21(29-24-20)16-11-25(12-16)30(26,27)19-4-2-1-3-18(19)28-13-14-5-6-14/h1-4,7-10,14,16H,5-6,11-13H2. The lowest BCUT2D eigenvalue weighted by Gasteiger charge is -2.36. The number of hydrogen-bond acceptors (Lipinski definition) is 6. The predicted molar refractivity (Wildman–Crippen MR) is 106 cm³/mol. The van der Waals surface area contributed by atoms with Crippen molar-refractivity contribution in [1.29, 1.82) is 0 Å². The van der Waals surface area contributed by atoms with Gasteiger partial charge in [0.05, 0.1) is 12.5 Å². The zero-order chi connectivity index (χ0) is 20.7. The van der Waals surface area contributed by atoms with E-state index in [0.29, 0.717) is 35.6 Å². The average molecular weight is 429 g/mol. The maximum Gasteiger partial charge on any atom is 0.246 e. The van der Waals surface area contributed by atoms with Crippen LogP contribution in [0, 0.1) is 11.7 Å². The molecule has 5 rings (SSSR count). The number of halogens is 1. The van der Waals surface area contributed by atoms with Crippen LogP contribution in [0.3, 0.4) is 0 Å². The zero-order valence-electron chi connectivity index (χ0n) is 16.1. The van der Waals surface area contributed by atoms with Gasteiger partial charge >= 0.3 is 0 Å². The van der Waals surface area contributed by atoms with Crippen LogP contribution in [0.1, 0.15) is 24.7 Å². The van der Waals surface area contributed by atoms with E-state index in [1.54, 1.807) is 36.4 Å². The van der Waals surface area contributed by atoms with Gasteiger partial charge in [-0.25, -0.2) is 12.8 Å². The molecule has 1 aromatic heterocycles. The minimum atomic E-state index is -3.67. The summed E-state index contributed by atoms with van der Waals surface area (Å²) in [5.74, 6) is 1.13. The van der Waals surface area contributed by atoms with E-state index in [1.165, 1.54) is 16.4 Å². The van der Waals surface area contributed by atoms with Crippen LogP contribution in [0.2, 0.25) is 0 Å². The fourth-order valence-corrected chi connectivity index (χ4v) is 4.98. The topological polar surface area (TPSA) is 85.5 Å². The normalized spacial score (nSPS) is 17.6. The van der Waals surface area contributed by atoms with E-state index in [1.807, 2.05) is 0 Å². The van der Waals surface area contributed by atoms with Crippen LogP contribution in [-0.2, 0) is 10.0 Å². The summed E-state index contributed by atoms with van der Waals surface area (Å²) in [6, 6.07) is 12.5. The van der Waals surface area contributed by atoms with Crippen molar-refractivity contribution in [3.63, 3.8) is 0 Å². The predicted octanol–water partition coefficient (Wildman–Crippen LogP) is 3.45. The molecule has 0 amide bonds. The van der Waals surface area contributed by atoms with Crippen molar-refractivity contribution < 1.29 is 22.1 Å². The summed E-state index contributed by atoms with van der Waals surface area (Å²) in [5, 5.41) is 3.93. The first-order valence-corrected chi connectivity index (χ1v) is 11.3. The minimum Gasteiger partial charge on any atom is -0.492 e. The molecule has 1 aliphatic carbocycles. The van der Waals surface area contributed by atoms with Crippen molar-refractivity contribution in [3.8, 4) is 17.1 Å². The Hall–Kier alpha value is -2.78. The maximum atomic E-state index is 13.1. The molecule has 0 radical (unpaired) electrons. The molecular weight excluding hydrogens is 409 g/mol. The molecule has 9 heteroatoms. The monoisotopic (exact) mass is 429 g/mol. The van der Waals surface area contributed by atoms with E-state index in [0.717, 1.165) is 12.8 Å². The summed E-state index contributed by atoms with van der Waals surface area (Å²) in [7, 11) is -3.67. The second kappa shape index (κ2) is 7.48. The van der Waals surface area contributed by atoms with Gasteiger partial charge in [0.2, 0.25) is 21.7 Å². The van der Waals surface area contributed by atoms with Crippen LogP contribution in [-0.4, -0.2) is 42.6 Å². The van der Waals surface area contributed by atoms with Crippen LogP contribution in [0.5, 0.6) is 5.75 Å². The van der Waals surface area contributed by atoms with Crippen LogP contribution < -0.4 is 4.74 Å². The number of para-hydroxylation sites is 1. The maximum absolute atomic E-state index is 13.1. The van der Waals surface area contributed by atoms with E-state index in [-0.39, 0.29) is 29.7 Å². The Kier molecular flexibility index (Phi) is 4.79. The molecule has 30 heavy (non-hydrogen) atoms. The number of aromatic nitrogens is 2. The molecule has 0 spiro atoms. The minimum absolute atomic E-state index is 0.180. The lowest BCUT2D eigenvalue weighted by atomic mass is 10.0. The van der Waals surface area contributed by atoms with E-state index in [4.69, 9.17) is 9.26 Å². The Morgan fingerprint density at radius 2 is 1.83 bits per heavy atom. The zero-order valence-corrected chi connectivity index (χ0v) is 16.9. The van der Waals surface area contributed by atoms with Crippen LogP contribution in [0.25, 0.3) is 11.4 Å². The fourth-order valence-electron chi connectivity index (χ4n) is 3.32. The molecule has 0 bridgehead atoms. The van der Waals surface area contributed by atoms with Crippen molar-refractivity contribution in [1.82, 2.24) is 14.4 Å². The third-order valence-corrected chi connectivity index (χ3v) is 7.25. The summed E-state index contributed by atoms with van der Waals surface area (Å²) >= 11 is 0. The number of ether oxygens (including phenoxy) is 1. The summed E-state index contributed by atoms with van der Waals surface area (Å²) in [4.78, 5) is 4.53. The first-order chi connectivity index (χ1) is 14.5. The quantitative estimate of drug-likeness (QED) is 0.572. The highest BCUT2D eigenvalue weighted by Gasteiger charge is 2.41. The molecule has 0 N–H and O–H groups in total. The highest BCUT2D eigenvalue weighted by molar-refractivity contribution is 7.89. The van der Waals surface area contributed by atoms with Crippen molar-refractivity contribution in [2.45, 2.75) is 23.7 Å². The highest BCUT2D eigenvalue weighted by Crippen LogP contribution is 2.36. The van der Waals surface area contributed by atoms with Crippen molar-refractivity contribution >= 4 is 10.0 Å². The van der Waals surface area contributed by atoms with Crippen molar-refractivity contribution in [3.05, 3.63) is 60.2 Å². The second-order valence-corrected chi connectivity index (χ2v) is 9.59. The summed E-state index contributed by atoms with van der Waals surface area (Å²) < 4.78 is 51.7. The molecule has 1 saturated carbocycles. The van der Waals surface area contributed by atoms with E-state index in [2.05, 4.69) is 10.1 Å². The van der Waals surface area contributed by atoms with Gasteiger partial charge < -0.3 is 9.26 Å². The van der Waals surface area contributed by atoms with Gasteiger partial charge in [-0.1, -0.05) is 17.3 Å². The van der Waals surface area contributed by atoms with E-state index < -0.39 is 10.0 Å². The highest BCUT2D eigenvalue weighted by atomic mass is 32.2. The molecule has 2 aromatic carbocycles. The number of sulfonamides is 1. The molecule has 1 saturated heterocycles. The van der Waals surface area contributed by atoms with E-state index >= 15 is 0 Å². The van der Waals surface area contributed by atoms with Crippen molar-refractivity contribution in [2.75, 3.05) is 19.7 Å². The Morgan fingerprint density at radius 3 is 2.57 bits per heavy atom. The molecular formula is C21H20FN3O4S. The summed E-state index contributed by atoms with van der Waals surface area (Å²) in [5.41, 5.74) is 0.636. The molecule has 2 aliphatic rings. The largest absolute Gasteiger partial charge is 0.492 e. The Bertz CT molecular complexity index is 1150.